The van der Waals surface area contributed by atoms with Gasteiger partial charge in [0.2, 0.25) is 5.91 Å². The summed E-state index contributed by atoms with van der Waals surface area (Å²) in [6, 6.07) is 6.87. The van der Waals surface area contributed by atoms with Gasteiger partial charge in [-0.3, -0.25) is 9.69 Å². The first-order valence-electron chi connectivity index (χ1n) is 7.41. The molecule has 1 aromatic carbocycles. The van der Waals surface area contributed by atoms with Crippen molar-refractivity contribution in [1.82, 2.24) is 10.2 Å². The lowest BCUT2D eigenvalue weighted by Gasteiger charge is -2.31. The third kappa shape index (κ3) is 4.60. The van der Waals surface area contributed by atoms with E-state index in [9.17, 15) is 9.18 Å². The molecule has 0 aliphatic carbocycles. The van der Waals surface area contributed by atoms with Gasteiger partial charge in [0.05, 0.1) is 6.54 Å². The molecule has 4 heteroatoms. The molecule has 0 bridgehead atoms. The summed E-state index contributed by atoms with van der Waals surface area (Å²) in [5.41, 5.74) is 1.08. The highest BCUT2D eigenvalue weighted by Gasteiger charge is 2.20. The molecular weight excluding hydrogens is 255 g/mol. The van der Waals surface area contributed by atoms with E-state index in [0.29, 0.717) is 19.0 Å². The Morgan fingerprint density at radius 3 is 2.80 bits per heavy atom. The van der Waals surface area contributed by atoms with E-state index in [4.69, 9.17) is 0 Å². The Balaban J connectivity index is 1.75. The number of piperidine rings is 1. The molecule has 1 aromatic rings. The number of nitrogens with one attached hydrogen (secondary N) is 1. The third-order valence-electron chi connectivity index (χ3n) is 3.86. The monoisotopic (exact) mass is 278 g/mol. The molecule has 2 rings (SSSR count). The van der Waals surface area contributed by atoms with Crippen LogP contribution in [0.4, 0.5) is 4.39 Å². The van der Waals surface area contributed by atoms with Crippen molar-refractivity contribution in [2.75, 3.05) is 26.2 Å². The van der Waals surface area contributed by atoms with Crippen molar-refractivity contribution >= 4 is 5.91 Å². The van der Waals surface area contributed by atoms with Gasteiger partial charge in [-0.05, 0) is 62.9 Å². The average Bonchev–Trinajstić information content (AvgIpc) is 2.41. The van der Waals surface area contributed by atoms with Crippen LogP contribution in [0.3, 0.4) is 0 Å². The predicted octanol–water partition coefficient (Wildman–Crippen LogP) is 2.22. The molecule has 1 N–H and O–H groups in total. The minimum absolute atomic E-state index is 0.107. The molecule has 0 atom stereocenters. The summed E-state index contributed by atoms with van der Waals surface area (Å²) < 4.78 is 13.1. The van der Waals surface area contributed by atoms with E-state index in [1.807, 2.05) is 13.0 Å². The molecule has 1 saturated heterocycles. The molecule has 1 heterocycles. The fraction of sp³-hybridized carbons (Fsp3) is 0.562. The molecule has 1 aliphatic rings. The van der Waals surface area contributed by atoms with Gasteiger partial charge in [-0.1, -0.05) is 12.1 Å². The van der Waals surface area contributed by atoms with E-state index in [1.54, 1.807) is 12.1 Å². The highest BCUT2D eigenvalue weighted by atomic mass is 19.1. The molecule has 0 saturated carbocycles. The van der Waals surface area contributed by atoms with Crippen molar-refractivity contribution in [3.8, 4) is 0 Å². The van der Waals surface area contributed by atoms with Crippen molar-refractivity contribution in [2.24, 2.45) is 5.92 Å². The van der Waals surface area contributed by atoms with Gasteiger partial charge in [0.15, 0.2) is 0 Å². The molecule has 3 nitrogen and oxygen atoms in total. The number of likely N-dealkylation sites (N-methyl/N-ethyl adjacent to an activating group) is 1. The van der Waals surface area contributed by atoms with Crippen molar-refractivity contribution < 1.29 is 9.18 Å². The van der Waals surface area contributed by atoms with Gasteiger partial charge in [-0.15, -0.1) is 0 Å². The molecule has 0 radical (unpaired) electrons. The number of likely N-dealkylation sites (tertiary alicyclic amines) is 1. The summed E-state index contributed by atoms with van der Waals surface area (Å²) in [6.07, 6.45) is 3.10. The van der Waals surface area contributed by atoms with Crippen LogP contribution in [0.15, 0.2) is 24.3 Å². The maximum atomic E-state index is 13.1. The second-order valence-corrected chi connectivity index (χ2v) is 5.51. The van der Waals surface area contributed by atoms with Gasteiger partial charge in [0, 0.05) is 6.54 Å². The number of amides is 1. The van der Waals surface area contributed by atoms with Crippen molar-refractivity contribution in [1.29, 1.82) is 0 Å². The number of rotatable bonds is 5. The first-order chi connectivity index (χ1) is 9.67. The zero-order valence-electron chi connectivity index (χ0n) is 12.1. The summed E-state index contributed by atoms with van der Waals surface area (Å²) in [5.74, 6) is 0.550. The lowest BCUT2D eigenvalue weighted by molar-refractivity contribution is -0.122. The van der Waals surface area contributed by atoms with Crippen LogP contribution in [0.25, 0.3) is 0 Å². The predicted molar refractivity (Wildman–Crippen MR) is 78.0 cm³/mol. The van der Waals surface area contributed by atoms with Crippen LogP contribution >= 0.6 is 0 Å². The lowest BCUT2D eigenvalue weighted by Crippen LogP contribution is -2.41. The van der Waals surface area contributed by atoms with Crippen LogP contribution in [0.2, 0.25) is 0 Å². The van der Waals surface area contributed by atoms with Gasteiger partial charge in [-0.25, -0.2) is 4.39 Å². The lowest BCUT2D eigenvalue weighted by atomic mass is 9.90. The largest absolute Gasteiger partial charge is 0.355 e. The summed E-state index contributed by atoms with van der Waals surface area (Å²) in [4.78, 5) is 13.7. The second kappa shape index (κ2) is 7.39. The van der Waals surface area contributed by atoms with Crippen LogP contribution in [0, 0.1) is 11.7 Å². The van der Waals surface area contributed by atoms with Crippen LogP contribution in [0.1, 0.15) is 25.3 Å². The maximum absolute atomic E-state index is 13.1. The molecule has 0 aromatic heterocycles. The van der Waals surface area contributed by atoms with Crippen LogP contribution in [-0.4, -0.2) is 37.0 Å². The zero-order valence-corrected chi connectivity index (χ0v) is 12.1. The number of halogens is 1. The Labute approximate surface area is 120 Å². The van der Waals surface area contributed by atoms with Crippen LogP contribution < -0.4 is 5.32 Å². The Morgan fingerprint density at radius 2 is 2.15 bits per heavy atom. The number of hydrogen-bond acceptors (Lipinski definition) is 2. The van der Waals surface area contributed by atoms with Gasteiger partial charge < -0.3 is 5.32 Å². The second-order valence-electron chi connectivity index (χ2n) is 5.51. The Morgan fingerprint density at radius 1 is 1.40 bits per heavy atom. The molecule has 0 spiro atoms. The molecule has 1 aliphatic heterocycles. The maximum Gasteiger partial charge on any atom is 0.234 e. The summed E-state index contributed by atoms with van der Waals surface area (Å²) in [6.45, 7) is 5.03. The molecule has 1 fully saturated rings. The molecule has 1 amide bonds. The number of benzene rings is 1. The van der Waals surface area contributed by atoms with Crippen molar-refractivity contribution in [3.05, 3.63) is 35.6 Å². The standard InChI is InChI=1S/C16H23FN2O/c1-2-18-16(20)12-19-8-6-13(7-9-19)10-14-4-3-5-15(17)11-14/h3-5,11,13H,2,6-10,12H2,1H3,(H,18,20). The highest BCUT2D eigenvalue weighted by Crippen LogP contribution is 2.21. The van der Waals surface area contributed by atoms with E-state index >= 15 is 0 Å². The van der Waals surface area contributed by atoms with E-state index in [1.165, 1.54) is 6.07 Å². The number of carbonyl (C=O) groups is 1. The SMILES string of the molecule is CCNC(=O)CN1CCC(Cc2cccc(F)c2)CC1. The number of hydrogen-bond donors (Lipinski definition) is 1. The van der Waals surface area contributed by atoms with E-state index < -0.39 is 0 Å². The Kier molecular flexibility index (Phi) is 5.53. The summed E-state index contributed by atoms with van der Waals surface area (Å²) >= 11 is 0. The Hall–Kier alpha value is -1.42. The van der Waals surface area contributed by atoms with Crippen LogP contribution in [0.5, 0.6) is 0 Å². The number of carbonyl (C=O) groups excluding carboxylic acids is 1. The molecule has 0 unspecified atom stereocenters. The van der Waals surface area contributed by atoms with Crippen molar-refractivity contribution in [2.45, 2.75) is 26.2 Å². The molecular formula is C16H23FN2O. The summed E-state index contributed by atoms with van der Waals surface area (Å²) in [5, 5.41) is 2.83. The third-order valence-corrected chi connectivity index (χ3v) is 3.86. The minimum atomic E-state index is -0.156. The first kappa shape index (κ1) is 15.0. The highest BCUT2D eigenvalue weighted by molar-refractivity contribution is 5.77. The minimum Gasteiger partial charge on any atom is -0.355 e. The number of nitrogens with zero attached hydrogens (tertiary/aromatic N) is 1. The topological polar surface area (TPSA) is 32.3 Å². The van der Waals surface area contributed by atoms with E-state index in [0.717, 1.165) is 37.9 Å². The fourth-order valence-corrected chi connectivity index (χ4v) is 2.80. The van der Waals surface area contributed by atoms with E-state index in [-0.39, 0.29) is 11.7 Å². The smallest absolute Gasteiger partial charge is 0.234 e. The van der Waals surface area contributed by atoms with Gasteiger partial charge in [0.1, 0.15) is 5.82 Å². The first-order valence-corrected chi connectivity index (χ1v) is 7.41. The van der Waals surface area contributed by atoms with Gasteiger partial charge >= 0.3 is 0 Å². The Bertz CT molecular complexity index is 442. The van der Waals surface area contributed by atoms with Gasteiger partial charge in [-0.2, -0.15) is 0 Å². The van der Waals surface area contributed by atoms with Crippen molar-refractivity contribution in [3.63, 3.8) is 0 Å². The normalized spacial score (nSPS) is 17.1. The fourth-order valence-electron chi connectivity index (χ4n) is 2.80. The van der Waals surface area contributed by atoms with Gasteiger partial charge in [0.25, 0.3) is 0 Å². The molecule has 110 valence electrons. The van der Waals surface area contributed by atoms with E-state index in [2.05, 4.69) is 10.2 Å². The zero-order chi connectivity index (χ0) is 14.4. The quantitative estimate of drug-likeness (QED) is 0.895. The van der Waals surface area contributed by atoms with Crippen LogP contribution in [-0.2, 0) is 11.2 Å². The average molecular weight is 278 g/mol. The molecule has 20 heavy (non-hydrogen) atoms. The summed E-state index contributed by atoms with van der Waals surface area (Å²) in [7, 11) is 0.